The van der Waals surface area contributed by atoms with Crippen LogP contribution in [0.1, 0.15) is 26.7 Å². The molecule has 82 valence electrons. The first kappa shape index (κ1) is 12.9. The summed E-state index contributed by atoms with van der Waals surface area (Å²) in [5.41, 5.74) is 4.00. The number of nitrogens with two attached hydrogens (primary N) is 1. The highest BCUT2D eigenvalue weighted by Gasteiger charge is 2.36. The zero-order valence-electron chi connectivity index (χ0n) is 8.91. The fourth-order valence-corrected chi connectivity index (χ4v) is 1.36. The minimum Gasteiger partial charge on any atom is -0.480 e. The Morgan fingerprint density at radius 1 is 1.50 bits per heavy atom. The van der Waals surface area contributed by atoms with Crippen molar-refractivity contribution in [3.8, 4) is 0 Å². The number of hydrogen-bond donors (Lipinski definition) is 2. The Morgan fingerprint density at radius 2 is 2.00 bits per heavy atom. The van der Waals surface area contributed by atoms with Gasteiger partial charge in [-0.05, 0) is 20.4 Å². The second-order valence-corrected chi connectivity index (χ2v) is 3.65. The van der Waals surface area contributed by atoms with E-state index in [1.807, 2.05) is 6.92 Å². The Labute approximate surface area is 83.9 Å². The second kappa shape index (κ2) is 4.95. The molecule has 0 aromatic heterocycles. The molecular weight excluding hydrogens is 184 g/mol. The van der Waals surface area contributed by atoms with Crippen molar-refractivity contribution in [1.29, 1.82) is 0 Å². The summed E-state index contributed by atoms with van der Waals surface area (Å²) in [6.45, 7) is 3.46. The fraction of sp³-hybridized carbons (Fsp3) is 0.778. The molecule has 0 saturated carbocycles. The third-order valence-electron chi connectivity index (χ3n) is 2.43. The molecule has 1 amide bonds. The molecule has 1 unspecified atom stereocenters. The van der Waals surface area contributed by atoms with Crippen LogP contribution in [-0.4, -0.2) is 41.0 Å². The van der Waals surface area contributed by atoms with Gasteiger partial charge in [-0.15, -0.1) is 0 Å². The van der Waals surface area contributed by atoms with E-state index in [0.29, 0.717) is 6.42 Å². The van der Waals surface area contributed by atoms with E-state index in [1.165, 1.54) is 4.90 Å². The molecule has 0 bridgehead atoms. The molecule has 0 aliphatic rings. The van der Waals surface area contributed by atoms with Gasteiger partial charge in [0.25, 0.3) is 0 Å². The van der Waals surface area contributed by atoms with E-state index in [9.17, 15) is 9.59 Å². The van der Waals surface area contributed by atoms with E-state index in [-0.39, 0.29) is 6.54 Å². The summed E-state index contributed by atoms with van der Waals surface area (Å²) in [6.07, 6.45) is 1.23. The Kier molecular flexibility index (Phi) is 4.56. The maximum atomic E-state index is 11.0. The summed E-state index contributed by atoms with van der Waals surface area (Å²) in [4.78, 5) is 23.2. The summed E-state index contributed by atoms with van der Waals surface area (Å²) in [5, 5.41) is 9.05. The first-order chi connectivity index (χ1) is 6.34. The van der Waals surface area contributed by atoms with Gasteiger partial charge in [-0.25, -0.2) is 0 Å². The Morgan fingerprint density at radius 3 is 2.29 bits per heavy atom. The molecular formula is C9H18N2O3. The van der Waals surface area contributed by atoms with E-state index in [0.717, 1.165) is 6.42 Å². The first-order valence-electron chi connectivity index (χ1n) is 4.57. The monoisotopic (exact) mass is 202 g/mol. The van der Waals surface area contributed by atoms with Gasteiger partial charge < -0.3 is 10.8 Å². The zero-order valence-corrected chi connectivity index (χ0v) is 8.91. The Hall–Kier alpha value is -1.10. The third-order valence-corrected chi connectivity index (χ3v) is 2.43. The Balaban J connectivity index is 4.63. The first-order valence-corrected chi connectivity index (χ1v) is 4.57. The van der Waals surface area contributed by atoms with Crippen molar-refractivity contribution in [1.82, 2.24) is 4.90 Å². The maximum absolute atomic E-state index is 11.0. The molecule has 0 fully saturated rings. The van der Waals surface area contributed by atoms with Crippen LogP contribution in [0.3, 0.4) is 0 Å². The lowest BCUT2D eigenvalue weighted by molar-refractivity contribution is -0.150. The number of rotatable bonds is 6. The number of hydrogen-bond acceptors (Lipinski definition) is 3. The quantitative estimate of drug-likeness (QED) is 0.637. The van der Waals surface area contributed by atoms with Crippen LogP contribution >= 0.6 is 0 Å². The lowest BCUT2D eigenvalue weighted by Gasteiger charge is -2.33. The minimum absolute atomic E-state index is 0.0389. The molecule has 1 atom stereocenters. The smallest absolute Gasteiger partial charge is 0.323 e. The van der Waals surface area contributed by atoms with Crippen molar-refractivity contribution < 1.29 is 14.7 Å². The standard InChI is InChI=1S/C9H18N2O3/c1-4-5-9(2,8(13)14)11(3)6-7(10)12/h4-6H2,1-3H3,(H2,10,12)(H,13,14). The van der Waals surface area contributed by atoms with Crippen LogP contribution < -0.4 is 5.73 Å². The molecule has 5 nitrogen and oxygen atoms in total. The van der Waals surface area contributed by atoms with Gasteiger partial charge in [0.05, 0.1) is 6.54 Å². The van der Waals surface area contributed by atoms with Crippen LogP contribution in [0.2, 0.25) is 0 Å². The molecule has 0 saturated heterocycles. The number of carbonyl (C=O) groups excluding carboxylic acids is 1. The highest BCUT2D eigenvalue weighted by Crippen LogP contribution is 2.19. The van der Waals surface area contributed by atoms with Crippen LogP contribution in [0.5, 0.6) is 0 Å². The van der Waals surface area contributed by atoms with E-state index in [1.54, 1.807) is 14.0 Å². The fourth-order valence-electron chi connectivity index (χ4n) is 1.36. The highest BCUT2D eigenvalue weighted by molar-refractivity contribution is 5.81. The van der Waals surface area contributed by atoms with Crippen molar-refractivity contribution in [2.24, 2.45) is 5.73 Å². The van der Waals surface area contributed by atoms with Crippen molar-refractivity contribution in [2.75, 3.05) is 13.6 Å². The van der Waals surface area contributed by atoms with Crippen LogP contribution in [0.25, 0.3) is 0 Å². The number of carbonyl (C=O) groups is 2. The van der Waals surface area contributed by atoms with Gasteiger partial charge in [0.1, 0.15) is 5.54 Å². The SMILES string of the molecule is CCCC(C)(C(=O)O)N(C)CC(N)=O. The van der Waals surface area contributed by atoms with Crippen molar-refractivity contribution >= 4 is 11.9 Å². The molecule has 0 heterocycles. The van der Waals surface area contributed by atoms with Crippen molar-refractivity contribution in [3.05, 3.63) is 0 Å². The maximum Gasteiger partial charge on any atom is 0.323 e. The summed E-state index contributed by atoms with van der Waals surface area (Å²) in [7, 11) is 1.59. The number of aliphatic carboxylic acids is 1. The molecule has 0 spiro atoms. The average Bonchev–Trinajstić information content (AvgIpc) is 2.02. The molecule has 0 aliphatic heterocycles. The average molecular weight is 202 g/mol. The van der Waals surface area contributed by atoms with Gasteiger partial charge in [-0.3, -0.25) is 14.5 Å². The Bertz CT molecular complexity index is 230. The van der Waals surface area contributed by atoms with Crippen LogP contribution in [-0.2, 0) is 9.59 Å². The summed E-state index contributed by atoms with van der Waals surface area (Å²) >= 11 is 0. The van der Waals surface area contributed by atoms with Gasteiger partial charge in [0.2, 0.25) is 5.91 Å². The van der Waals surface area contributed by atoms with Gasteiger partial charge in [-0.2, -0.15) is 0 Å². The van der Waals surface area contributed by atoms with E-state index in [2.05, 4.69) is 0 Å². The molecule has 3 N–H and O–H groups in total. The lowest BCUT2D eigenvalue weighted by Crippen LogP contribution is -2.52. The molecule has 5 heteroatoms. The predicted molar refractivity (Wildman–Crippen MR) is 52.8 cm³/mol. The van der Waals surface area contributed by atoms with Gasteiger partial charge in [0.15, 0.2) is 0 Å². The second-order valence-electron chi connectivity index (χ2n) is 3.65. The molecule has 0 radical (unpaired) electrons. The van der Waals surface area contributed by atoms with Gasteiger partial charge >= 0.3 is 5.97 Å². The lowest BCUT2D eigenvalue weighted by atomic mass is 9.94. The van der Waals surface area contributed by atoms with Gasteiger partial charge in [0, 0.05) is 0 Å². The summed E-state index contributed by atoms with van der Waals surface area (Å²) < 4.78 is 0. The normalized spacial score (nSPS) is 15.1. The number of likely N-dealkylation sites (N-methyl/N-ethyl adjacent to an activating group) is 1. The molecule has 14 heavy (non-hydrogen) atoms. The summed E-state index contributed by atoms with van der Waals surface area (Å²) in [6, 6.07) is 0. The number of carboxylic acids is 1. The van der Waals surface area contributed by atoms with Crippen LogP contribution in [0.4, 0.5) is 0 Å². The van der Waals surface area contributed by atoms with Crippen LogP contribution in [0.15, 0.2) is 0 Å². The number of nitrogens with zero attached hydrogens (tertiary/aromatic N) is 1. The van der Waals surface area contributed by atoms with E-state index in [4.69, 9.17) is 10.8 Å². The number of amides is 1. The molecule has 0 aromatic carbocycles. The topological polar surface area (TPSA) is 83.6 Å². The van der Waals surface area contributed by atoms with Gasteiger partial charge in [-0.1, -0.05) is 13.3 Å². The molecule has 0 aromatic rings. The number of primary amides is 1. The number of carboxylic acid groups (broad SMARTS) is 1. The highest BCUT2D eigenvalue weighted by atomic mass is 16.4. The minimum atomic E-state index is -1.01. The molecule has 0 rings (SSSR count). The molecule has 0 aliphatic carbocycles. The predicted octanol–water partition coefficient (Wildman–Crippen LogP) is 0.0469. The van der Waals surface area contributed by atoms with Crippen molar-refractivity contribution in [3.63, 3.8) is 0 Å². The van der Waals surface area contributed by atoms with E-state index >= 15 is 0 Å². The summed E-state index contributed by atoms with van der Waals surface area (Å²) in [5.74, 6) is -1.45. The van der Waals surface area contributed by atoms with E-state index < -0.39 is 17.4 Å². The van der Waals surface area contributed by atoms with Crippen molar-refractivity contribution in [2.45, 2.75) is 32.2 Å². The zero-order chi connectivity index (χ0) is 11.4. The largest absolute Gasteiger partial charge is 0.480 e. The third kappa shape index (κ3) is 2.99. The van der Waals surface area contributed by atoms with Crippen LogP contribution in [0, 0.1) is 0 Å².